The normalized spacial score (nSPS) is 18.2. The highest BCUT2D eigenvalue weighted by Gasteiger charge is 2.32. The van der Waals surface area contributed by atoms with E-state index in [1.807, 2.05) is 48.5 Å². The van der Waals surface area contributed by atoms with E-state index in [0.29, 0.717) is 13.1 Å². The molecule has 0 radical (unpaired) electrons. The van der Waals surface area contributed by atoms with E-state index < -0.39 is 10.0 Å². The van der Waals surface area contributed by atoms with Crippen molar-refractivity contribution in [3.8, 4) is 0 Å². The van der Waals surface area contributed by atoms with Crippen LogP contribution in [0.5, 0.6) is 0 Å². The zero-order chi connectivity index (χ0) is 17.9. The molecule has 0 spiro atoms. The summed E-state index contributed by atoms with van der Waals surface area (Å²) in [5, 5.41) is 0.779. The van der Waals surface area contributed by atoms with Gasteiger partial charge >= 0.3 is 0 Å². The van der Waals surface area contributed by atoms with E-state index in [1.165, 1.54) is 4.90 Å². The molecule has 0 amide bonds. The van der Waals surface area contributed by atoms with Crippen molar-refractivity contribution in [1.29, 1.82) is 0 Å². The summed E-state index contributed by atoms with van der Waals surface area (Å²) in [4.78, 5) is 1.37. The van der Waals surface area contributed by atoms with E-state index in [-0.39, 0.29) is 11.8 Å². The number of benzene rings is 2. The Bertz CT molecular complexity index is 803. The number of hydrogen-bond donors (Lipinski definition) is 1. The molecule has 0 unspecified atom stereocenters. The van der Waals surface area contributed by atoms with Crippen molar-refractivity contribution in [3.05, 3.63) is 70.7 Å². The smallest absolute Gasteiger partial charge is 0.218 e. The van der Waals surface area contributed by atoms with Gasteiger partial charge in [-0.25, -0.2) is 8.42 Å². The van der Waals surface area contributed by atoms with E-state index in [4.69, 9.17) is 11.6 Å². The van der Waals surface area contributed by atoms with E-state index in [2.05, 4.69) is 13.0 Å². The second-order valence-corrected chi connectivity index (χ2v) is 8.92. The van der Waals surface area contributed by atoms with Crippen molar-refractivity contribution in [3.63, 3.8) is 0 Å². The maximum Gasteiger partial charge on any atom is 0.218 e. The molecule has 0 saturated carbocycles. The van der Waals surface area contributed by atoms with Crippen LogP contribution < -0.4 is 4.90 Å². The molecule has 134 valence electrons. The Kier molecular flexibility index (Phi) is 5.79. The summed E-state index contributed by atoms with van der Waals surface area (Å²) in [6.07, 6.45) is 0. The fourth-order valence-electron chi connectivity index (χ4n) is 3.41. The molecule has 1 aliphatic rings. The predicted octanol–water partition coefficient (Wildman–Crippen LogP) is 2.13. The van der Waals surface area contributed by atoms with Crippen LogP contribution in [0.15, 0.2) is 54.6 Å². The molecule has 4 nitrogen and oxygen atoms in total. The van der Waals surface area contributed by atoms with Crippen molar-refractivity contribution in [2.24, 2.45) is 0 Å². The second kappa shape index (κ2) is 7.87. The van der Waals surface area contributed by atoms with E-state index in [0.717, 1.165) is 29.2 Å². The van der Waals surface area contributed by atoms with Gasteiger partial charge in [-0.15, -0.1) is 0 Å². The van der Waals surface area contributed by atoms with Gasteiger partial charge in [-0.2, -0.15) is 4.31 Å². The summed E-state index contributed by atoms with van der Waals surface area (Å²) in [6, 6.07) is 17.5. The highest BCUT2D eigenvalue weighted by molar-refractivity contribution is 7.88. The molecule has 1 aliphatic heterocycles. The molecule has 1 saturated heterocycles. The third-order valence-corrected chi connectivity index (χ3v) is 7.13. The van der Waals surface area contributed by atoms with Crippen LogP contribution in [0.25, 0.3) is 0 Å². The highest BCUT2D eigenvalue weighted by Crippen LogP contribution is 2.20. The number of nitrogens with zero attached hydrogens (tertiary/aromatic N) is 1. The first-order valence-electron chi connectivity index (χ1n) is 8.58. The van der Waals surface area contributed by atoms with Crippen molar-refractivity contribution in [1.82, 2.24) is 4.31 Å². The molecular weight excluding hydrogens is 356 g/mol. The lowest BCUT2D eigenvalue weighted by atomic mass is 10.1. The van der Waals surface area contributed by atoms with Crippen molar-refractivity contribution in [2.75, 3.05) is 26.2 Å². The standard InChI is InChI=1S/C19H23ClN2O2S/c1-16(18-9-5-6-10-19(18)20)21-11-13-22(14-12-21)25(23,24)15-17-7-3-2-4-8-17/h2-10,16H,11-15H2,1H3/p+1/t16-/m1/s1. The summed E-state index contributed by atoms with van der Waals surface area (Å²) in [5.74, 6) is 0.0727. The molecule has 1 fully saturated rings. The Morgan fingerprint density at radius 2 is 1.64 bits per heavy atom. The molecule has 0 bridgehead atoms. The number of nitrogens with one attached hydrogen (secondary N) is 1. The van der Waals surface area contributed by atoms with Crippen LogP contribution in [0.3, 0.4) is 0 Å². The number of rotatable bonds is 5. The van der Waals surface area contributed by atoms with Crippen LogP contribution in [0, 0.1) is 0 Å². The number of hydrogen-bond acceptors (Lipinski definition) is 2. The number of piperazine rings is 1. The third kappa shape index (κ3) is 4.42. The van der Waals surface area contributed by atoms with Gasteiger partial charge < -0.3 is 4.90 Å². The SMILES string of the molecule is C[C@H](c1ccccc1Cl)[NH+]1CCN(S(=O)(=O)Cc2ccccc2)CC1. The van der Waals surface area contributed by atoms with Crippen molar-refractivity contribution < 1.29 is 13.3 Å². The fraction of sp³-hybridized carbons (Fsp3) is 0.368. The lowest BCUT2D eigenvalue weighted by Crippen LogP contribution is -3.14. The van der Waals surface area contributed by atoms with Gasteiger partial charge in [0, 0.05) is 10.6 Å². The fourth-order valence-corrected chi connectivity index (χ4v) is 5.24. The molecule has 2 aromatic rings. The van der Waals surface area contributed by atoms with Gasteiger partial charge in [0.15, 0.2) is 0 Å². The van der Waals surface area contributed by atoms with Gasteiger partial charge in [0.25, 0.3) is 0 Å². The molecule has 1 N–H and O–H groups in total. The Balaban J connectivity index is 1.62. The average Bonchev–Trinajstić information content (AvgIpc) is 2.62. The van der Waals surface area contributed by atoms with Gasteiger partial charge in [-0.3, -0.25) is 0 Å². The molecule has 1 atom stereocenters. The minimum absolute atomic E-state index is 0.0727. The highest BCUT2D eigenvalue weighted by atomic mass is 35.5. The molecule has 3 rings (SSSR count). The monoisotopic (exact) mass is 379 g/mol. The summed E-state index contributed by atoms with van der Waals surface area (Å²) >= 11 is 6.31. The zero-order valence-corrected chi connectivity index (χ0v) is 15.9. The van der Waals surface area contributed by atoms with Gasteiger partial charge in [-0.1, -0.05) is 60.1 Å². The minimum Gasteiger partial charge on any atom is -0.327 e. The molecule has 0 aromatic heterocycles. The van der Waals surface area contributed by atoms with E-state index in [1.54, 1.807) is 4.31 Å². The third-order valence-electron chi connectivity index (χ3n) is 4.93. The molecule has 6 heteroatoms. The summed E-state index contributed by atoms with van der Waals surface area (Å²) in [5.41, 5.74) is 1.96. The first-order chi connectivity index (χ1) is 12.0. The van der Waals surface area contributed by atoms with Gasteiger partial charge in [0.1, 0.15) is 6.04 Å². The summed E-state index contributed by atoms with van der Waals surface area (Å²) in [7, 11) is -3.26. The van der Waals surface area contributed by atoms with Crippen LogP contribution in [-0.4, -0.2) is 38.9 Å². The van der Waals surface area contributed by atoms with Crippen molar-refractivity contribution >= 4 is 21.6 Å². The van der Waals surface area contributed by atoms with Crippen LogP contribution in [0.2, 0.25) is 5.02 Å². The number of sulfonamides is 1. The second-order valence-electron chi connectivity index (χ2n) is 6.54. The van der Waals surface area contributed by atoms with E-state index in [9.17, 15) is 8.42 Å². The quantitative estimate of drug-likeness (QED) is 0.864. The van der Waals surface area contributed by atoms with E-state index >= 15 is 0 Å². The lowest BCUT2D eigenvalue weighted by Gasteiger charge is -2.35. The summed E-state index contributed by atoms with van der Waals surface area (Å²) < 4.78 is 26.9. The Morgan fingerprint density at radius 1 is 1.04 bits per heavy atom. The van der Waals surface area contributed by atoms with Crippen LogP contribution in [0.4, 0.5) is 0 Å². The molecular formula is C19H24ClN2O2S+. The van der Waals surface area contributed by atoms with Crippen LogP contribution in [-0.2, 0) is 15.8 Å². The Morgan fingerprint density at radius 3 is 2.28 bits per heavy atom. The van der Waals surface area contributed by atoms with Crippen molar-refractivity contribution in [2.45, 2.75) is 18.7 Å². The maximum absolute atomic E-state index is 12.7. The molecule has 2 aromatic carbocycles. The van der Waals surface area contributed by atoms with Gasteiger partial charge in [-0.05, 0) is 18.6 Å². The summed E-state index contributed by atoms with van der Waals surface area (Å²) in [6.45, 7) is 4.85. The maximum atomic E-state index is 12.7. The van der Waals surface area contributed by atoms with Crippen LogP contribution >= 0.6 is 11.6 Å². The van der Waals surface area contributed by atoms with Gasteiger partial charge in [0.05, 0.1) is 31.9 Å². The van der Waals surface area contributed by atoms with Gasteiger partial charge in [0.2, 0.25) is 10.0 Å². The largest absolute Gasteiger partial charge is 0.327 e. The molecule has 25 heavy (non-hydrogen) atoms. The number of quaternary nitrogens is 1. The molecule has 0 aliphatic carbocycles. The average molecular weight is 380 g/mol. The first kappa shape index (κ1) is 18.4. The first-order valence-corrected chi connectivity index (χ1v) is 10.6. The molecule has 1 heterocycles. The Labute approximate surface area is 155 Å². The topological polar surface area (TPSA) is 41.8 Å². The lowest BCUT2D eigenvalue weighted by molar-refractivity contribution is -0.933. The number of halogens is 1. The zero-order valence-electron chi connectivity index (χ0n) is 14.4. The predicted molar refractivity (Wildman–Crippen MR) is 101 cm³/mol. The minimum atomic E-state index is -3.26. The Hall–Kier alpha value is -1.40. The van der Waals surface area contributed by atoms with Crippen LogP contribution in [0.1, 0.15) is 24.1 Å².